The highest BCUT2D eigenvalue weighted by Crippen LogP contribution is 2.27. The Kier molecular flexibility index (Phi) is 5.91. The molecule has 1 aliphatic rings. The van der Waals surface area contributed by atoms with Gasteiger partial charge in [0.2, 0.25) is 0 Å². The van der Waals surface area contributed by atoms with Gasteiger partial charge in [0.05, 0.1) is 9.80 Å². The smallest absolute Gasteiger partial charge is 0.324 e. The number of hydrogen-bond donors (Lipinski definition) is 2. The highest BCUT2D eigenvalue weighted by atomic mass is 35.5. The summed E-state index contributed by atoms with van der Waals surface area (Å²) < 4.78 is 0. The molecule has 112 valence electrons. The largest absolute Gasteiger partial charge is 0.351 e. The summed E-state index contributed by atoms with van der Waals surface area (Å²) in [5.74, 6) is -0.224. The minimum Gasteiger partial charge on any atom is -0.351 e. The van der Waals surface area contributed by atoms with E-state index in [1.54, 1.807) is 0 Å². The Balaban J connectivity index is 0.00000200. The van der Waals surface area contributed by atoms with Crippen LogP contribution < -0.4 is 10.6 Å². The molecule has 2 rings (SSSR count). The molecule has 2 N–H and O–H groups in total. The first kappa shape index (κ1) is 16.9. The van der Waals surface area contributed by atoms with Gasteiger partial charge in [0.25, 0.3) is 5.91 Å². The van der Waals surface area contributed by atoms with E-state index in [1.165, 1.54) is 12.1 Å². The van der Waals surface area contributed by atoms with Gasteiger partial charge in [0.15, 0.2) is 0 Å². The van der Waals surface area contributed by atoms with E-state index in [0.717, 1.165) is 37.3 Å². The predicted octanol–water partition coefficient (Wildman–Crippen LogP) is 2.20. The number of carbonyl (C=O) groups excluding carboxylic acids is 1. The number of thiophene rings is 1. The second-order valence-electron chi connectivity index (χ2n) is 5.14. The Hall–Kier alpha value is -1.18. The Labute approximate surface area is 127 Å². The zero-order valence-electron chi connectivity index (χ0n) is 11.2. The van der Waals surface area contributed by atoms with Gasteiger partial charge in [-0.25, -0.2) is 0 Å². The summed E-state index contributed by atoms with van der Waals surface area (Å²) in [6, 6.07) is 2.87. The quantitative estimate of drug-likeness (QED) is 0.658. The van der Waals surface area contributed by atoms with Crippen LogP contribution >= 0.6 is 23.7 Å². The van der Waals surface area contributed by atoms with Crippen molar-refractivity contribution in [2.24, 2.45) is 5.41 Å². The number of nitrogens with zero attached hydrogens (tertiary/aromatic N) is 1. The van der Waals surface area contributed by atoms with Crippen LogP contribution in [-0.2, 0) is 0 Å². The third-order valence-corrected chi connectivity index (χ3v) is 4.52. The van der Waals surface area contributed by atoms with Gasteiger partial charge in [-0.2, -0.15) is 0 Å². The summed E-state index contributed by atoms with van der Waals surface area (Å²) in [5, 5.41) is 16.7. The number of hydrogen-bond acceptors (Lipinski definition) is 5. The fraction of sp³-hybridized carbons (Fsp3) is 0.583. The summed E-state index contributed by atoms with van der Waals surface area (Å²) in [7, 11) is 0. The molecule has 1 fully saturated rings. The number of nitro groups is 1. The van der Waals surface area contributed by atoms with Crippen molar-refractivity contribution in [2.45, 2.75) is 19.8 Å². The summed E-state index contributed by atoms with van der Waals surface area (Å²) in [5.41, 5.74) is 0.115. The predicted molar refractivity (Wildman–Crippen MR) is 80.8 cm³/mol. The van der Waals surface area contributed by atoms with Crippen LogP contribution in [0.2, 0.25) is 0 Å². The Morgan fingerprint density at radius 1 is 1.50 bits per heavy atom. The molecule has 2 heterocycles. The number of nitrogens with one attached hydrogen (secondary N) is 2. The first-order valence-corrected chi connectivity index (χ1v) is 7.05. The molecular formula is C12H18ClN3O3S. The lowest BCUT2D eigenvalue weighted by Gasteiger charge is -2.34. The minimum atomic E-state index is -0.477. The summed E-state index contributed by atoms with van der Waals surface area (Å²) in [6.07, 6.45) is 2.05. The lowest BCUT2D eigenvalue weighted by atomic mass is 9.81. The van der Waals surface area contributed by atoms with Crippen LogP contribution in [0.4, 0.5) is 5.00 Å². The van der Waals surface area contributed by atoms with Crippen molar-refractivity contribution in [3.63, 3.8) is 0 Å². The molecule has 0 atom stereocenters. The second kappa shape index (κ2) is 7.01. The van der Waals surface area contributed by atoms with Crippen LogP contribution in [0.1, 0.15) is 29.4 Å². The van der Waals surface area contributed by atoms with E-state index in [2.05, 4.69) is 17.6 Å². The molecule has 6 nitrogen and oxygen atoms in total. The highest BCUT2D eigenvalue weighted by Gasteiger charge is 2.27. The van der Waals surface area contributed by atoms with Crippen LogP contribution in [-0.4, -0.2) is 30.5 Å². The van der Waals surface area contributed by atoms with Crippen molar-refractivity contribution < 1.29 is 9.72 Å². The van der Waals surface area contributed by atoms with E-state index in [0.29, 0.717) is 11.4 Å². The lowest BCUT2D eigenvalue weighted by Crippen LogP contribution is -2.42. The van der Waals surface area contributed by atoms with E-state index in [1.807, 2.05) is 0 Å². The number of halogens is 1. The van der Waals surface area contributed by atoms with Crippen LogP contribution in [0, 0.1) is 15.5 Å². The molecule has 1 aliphatic heterocycles. The normalized spacial score (nSPS) is 17.1. The number of piperidine rings is 1. The van der Waals surface area contributed by atoms with Gasteiger partial charge >= 0.3 is 5.00 Å². The maximum absolute atomic E-state index is 11.9. The SMILES string of the molecule is CC1(CNC(=O)c2ccc([N+](=O)[O-])s2)CCNCC1.Cl. The second-order valence-corrected chi connectivity index (χ2v) is 6.20. The van der Waals surface area contributed by atoms with Gasteiger partial charge in [-0.1, -0.05) is 18.3 Å². The molecule has 0 saturated carbocycles. The van der Waals surface area contributed by atoms with Crippen molar-refractivity contribution >= 4 is 34.7 Å². The number of carbonyl (C=O) groups is 1. The van der Waals surface area contributed by atoms with E-state index in [4.69, 9.17) is 0 Å². The van der Waals surface area contributed by atoms with Crippen LogP contribution in [0.15, 0.2) is 12.1 Å². The lowest BCUT2D eigenvalue weighted by molar-refractivity contribution is -0.380. The van der Waals surface area contributed by atoms with Crippen LogP contribution in [0.5, 0.6) is 0 Å². The summed E-state index contributed by atoms with van der Waals surface area (Å²) in [6.45, 7) is 4.71. The van der Waals surface area contributed by atoms with Gasteiger partial charge in [-0.05, 0) is 37.4 Å². The van der Waals surface area contributed by atoms with Gasteiger partial charge in [-0.3, -0.25) is 14.9 Å². The molecule has 0 bridgehead atoms. The van der Waals surface area contributed by atoms with Crippen LogP contribution in [0.3, 0.4) is 0 Å². The van der Waals surface area contributed by atoms with Crippen LogP contribution in [0.25, 0.3) is 0 Å². The van der Waals surface area contributed by atoms with Crippen molar-refractivity contribution in [1.82, 2.24) is 10.6 Å². The molecule has 8 heteroatoms. The standard InChI is InChI=1S/C12H17N3O3S.ClH/c1-12(4-6-13-7-5-12)8-14-11(16)9-2-3-10(19-9)15(17)18;/h2-3,13H,4-8H2,1H3,(H,14,16);1H. The van der Waals surface area contributed by atoms with Gasteiger partial charge in [0.1, 0.15) is 0 Å². The fourth-order valence-electron chi connectivity index (χ4n) is 2.14. The van der Waals surface area contributed by atoms with E-state index in [9.17, 15) is 14.9 Å². The highest BCUT2D eigenvalue weighted by molar-refractivity contribution is 7.17. The molecule has 0 aliphatic carbocycles. The Bertz CT molecular complexity index is 486. The number of amides is 1. The van der Waals surface area contributed by atoms with E-state index in [-0.39, 0.29) is 28.7 Å². The fourth-order valence-corrected chi connectivity index (χ4v) is 2.87. The maximum Gasteiger partial charge on any atom is 0.324 e. The third-order valence-electron chi connectivity index (χ3n) is 3.48. The maximum atomic E-state index is 11.9. The van der Waals surface area contributed by atoms with E-state index < -0.39 is 4.92 Å². The molecule has 0 radical (unpaired) electrons. The third kappa shape index (κ3) is 4.16. The zero-order chi connectivity index (χ0) is 13.9. The number of rotatable bonds is 4. The molecular weight excluding hydrogens is 302 g/mol. The first-order valence-electron chi connectivity index (χ1n) is 6.23. The molecule has 0 aromatic carbocycles. The van der Waals surface area contributed by atoms with Crippen molar-refractivity contribution in [1.29, 1.82) is 0 Å². The van der Waals surface area contributed by atoms with E-state index >= 15 is 0 Å². The van der Waals surface area contributed by atoms with Gasteiger partial charge < -0.3 is 10.6 Å². The molecule has 1 amide bonds. The average Bonchev–Trinajstić information content (AvgIpc) is 2.87. The monoisotopic (exact) mass is 319 g/mol. The molecule has 1 aromatic rings. The molecule has 1 saturated heterocycles. The minimum absolute atomic E-state index is 0. The molecule has 0 spiro atoms. The molecule has 1 aromatic heterocycles. The average molecular weight is 320 g/mol. The summed E-state index contributed by atoms with van der Waals surface area (Å²) >= 11 is 0.911. The summed E-state index contributed by atoms with van der Waals surface area (Å²) in [4.78, 5) is 22.4. The topological polar surface area (TPSA) is 84.3 Å². The van der Waals surface area contributed by atoms with Gasteiger partial charge in [-0.15, -0.1) is 12.4 Å². The van der Waals surface area contributed by atoms with Crippen molar-refractivity contribution in [3.05, 3.63) is 27.1 Å². The van der Waals surface area contributed by atoms with Crippen molar-refractivity contribution in [2.75, 3.05) is 19.6 Å². The Morgan fingerprint density at radius 2 is 2.15 bits per heavy atom. The molecule has 0 unspecified atom stereocenters. The molecule has 20 heavy (non-hydrogen) atoms. The zero-order valence-corrected chi connectivity index (χ0v) is 12.8. The van der Waals surface area contributed by atoms with Gasteiger partial charge in [0, 0.05) is 12.6 Å². The first-order chi connectivity index (χ1) is 9.00. The Morgan fingerprint density at radius 3 is 2.70 bits per heavy atom. The van der Waals surface area contributed by atoms with Crippen molar-refractivity contribution in [3.8, 4) is 0 Å².